The Hall–Kier alpha value is -1.78. The van der Waals surface area contributed by atoms with Gasteiger partial charge in [0.05, 0.1) is 6.61 Å². The first-order chi connectivity index (χ1) is 30.1. The van der Waals surface area contributed by atoms with E-state index in [0.717, 1.165) is 57.8 Å². The Labute approximate surface area is 376 Å². The number of ether oxygens (including phenoxy) is 2. The van der Waals surface area contributed by atoms with Gasteiger partial charge in [-0.05, 0) is 51.4 Å². The molecule has 7 N–H and O–H groups in total. The van der Waals surface area contributed by atoms with Crippen LogP contribution in [0.5, 0.6) is 0 Å². The lowest BCUT2D eigenvalue weighted by molar-refractivity contribution is -0.216. The highest BCUT2D eigenvalue weighted by molar-refractivity contribution is 7.47. The van der Waals surface area contributed by atoms with Crippen LogP contribution in [0.15, 0.2) is 36.5 Å². The first kappa shape index (κ1) is 59.2. The Balaban J connectivity index is 2.62. The monoisotopic (exact) mass is 941 g/mol. The van der Waals surface area contributed by atoms with E-state index in [1.165, 1.54) is 83.5 Å². The Morgan fingerprint density at radius 3 is 1.43 bits per heavy atom. The molecule has 0 radical (unpaired) electrons. The average molecular weight is 941 g/mol. The van der Waals surface area contributed by atoms with Crippen molar-refractivity contribution in [2.45, 2.75) is 224 Å². The Morgan fingerprint density at radius 2 is 0.921 bits per heavy atom. The average Bonchev–Trinajstić information content (AvgIpc) is 3.23. The third kappa shape index (κ3) is 30.9. The van der Waals surface area contributed by atoms with E-state index >= 15 is 0 Å². The number of esters is 2. The fourth-order valence-electron chi connectivity index (χ4n) is 7.03. The quantitative estimate of drug-likeness (QED) is 0.0132. The van der Waals surface area contributed by atoms with E-state index in [0.29, 0.717) is 12.8 Å². The minimum atomic E-state index is -5.36. The van der Waals surface area contributed by atoms with Crippen molar-refractivity contribution in [3.05, 3.63) is 36.5 Å². The van der Waals surface area contributed by atoms with Crippen LogP contribution in [-0.4, -0.2) is 103 Å². The summed E-state index contributed by atoms with van der Waals surface area (Å²) in [5.74, 6) is -1.25. The molecule has 0 amide bonds. The summed E-state index contributed by atoms with van der Waals surface area (Å²) in [4.78, 5) is 54.2. The van der Waals surface area contributed by atoms with Gasteiger partial charge in [0.2, 0.25) is 0 Å². The number of phosphoric ester groups is 2. The lowest BCUT2D eigenvalue weighted by Gasteiger charge is -2.43. The summed E-state index contributed by atoms with van der Waals surface area (Å²) in [6, 6.07) is 0. The van der Waals surface area contributed by atoms with Crippen LogP contribution < -0.4 is 0 Å². The number of carbonyl (C=O) groups excluding carboxylic acids is 2. The maximum Gasteiger partial charge on any atom is 0.472 e. The normalized spacial score (nSPS) is 22.2. The van der Waals surface area contributed by atoms with E-state index in [1.807, 2.05) is 0 Å². The van der Waals surface area contributed by atoms with Crippen LogP contribution in [0.25, 0.3) is 0 Å². The molecule has 0 aliphatic heterocycles. The first-order valence-electron chi connectivity index (χ1n) is 23.5. The van der Waals surface area contributed by atoms with Crippen molar-refractivity contribution in [1.82, 2.24) is 0 Å². The molecule has 0 heterocycles. The molecule has 1 saturated carbocycles. The van der Waals surface area contributed by atoms with Gasteiger partial charge in [-0.25, -0.2) is 9.13 Å². The molecule has 1 aliphatic carbocycles. The van der Waals surface area contributed by atoms with E-state index in [1.54, 1.807) is 0 Å². The second kappa shape index (κ2) is 36.4. The van der Waals surface area contributed by atoms with Crippen LogP contribution in [-0.2, 0) is 41.8 Å². The molecule has 8 atom stereocenters. The molecule has 1 aliphatic rings. The molecule has 0 spiro atoms. The van der Waals surface area contributed by atoms with Crippen molar-refractivity contribution >= 4 is 27.6 Å². The molecule has 0 aromatic heterocycles. The summed E-state index contributed by atoms with van der Waals surface area (Å²) < 4.78 is 49.3. The van der Waals surface area contributed by atoms with E-state index in [-0.39, 0.29) is 12.8 Å². The molecule has 0 bridgehead atoms. The minimum Gasteiger partial charge on any atom is -0.462 e. The van der Waals surface area contributed by atoms with Gasteiger partial charge < -0.3 is 44.6 Å². The summed E-state index contributed by atoms with van der Waals surface area (Å²) >= 11 is 0. The number of carbonyl (C=O) groups is 2. The maximum atomic E-state index is 13.0. The molecular formula is C45H82O16P2. The molecule has 18 heteroatoms. The number of unbranched alkanes of at least 4 members (excludes halogenated alkanes) is 19. The van der Waals surface area contributed by atoms with E-state index < -0.39 is 83.5 Å². The van der Waals surface area contributed by atoms with Gasteiger partial charge in [0.1, 0.15) is 43.2 Å². The fraction of sp³-hybridized carbons (Fsp3) is 0.822. The predicted molar refractivity (Wildman–Crippen MR) is 241 cm³/mol. The van der Waals surface area contributed by atoms with Crippen molar-refractivity contribution in [3.63, 3.8) is 0 Å². The summed E-state index contributed by atoms with van der Waals surface area (Å²) in [5.41, 5.74) is 0. The zero-order valence-electron chi connectivity index (χ0n) is 38.0. The molecular weight excluding hydrogens is 858 g/mol. The topological polar surface area (TPSA) is 256 Å². The molecule has 1 rings (SSSR count). The Bertz CT molecular complexity index is 1370. The highest BCUT2D eigenvalue weighted by Crippen LogP contribution is 2.49. The maximum absolute atomic E-state index is 13.0. The lowest BCUT2D eigenvalue weighted by atomic mass is 9.85. The molecule has 0 aromatic rings. The van der Waals surface area contributed by atoms with Gasteiger partial charge in [-0.3, -0.25) is 23.2 Å². The number of phosphoric acid groups is 2. The number of hydrogen-bond donors (Lipinski definition) is 7. The summed E-state index contributed by atoms with van der Waals surface area (Å²) in [6.45, 7) is 3.05. The summed E-state index contributed by atoms with van der Waals surface area (Å²) in [6.07, 6.45) is 23.9. The standard InChI is InChI=1S/C45H82O16P2/c1-3-5-7-9-11-13-15-17-19-21-23-25-27-29-31-33-38(46)57-35-37(59-39(47)34-32-30-28-26-24-22-20-18-16-14-12-10-8-6-4-2)36-58-63(55,56)61-45-42(50)40(48)41(49)44(43(45)51)60-62(52,53)54/h11,13,17,19,23,25,37,40-45,48-51H,3-10,12,14-16,18,20-22,24,26-36H2,1-2H3,(H,55,56)(H2,52,53,54). The van der Waals surface area contributed by atoms with Crippen molar-refractivity contribution in [1.29, 1.82) is 0 Å². The molecule has 16 nitrogen and oxygen atoms in total. The first-order valence-corrected chi connectivity index (χ1v) is 26.6. The number of hydrogen-bond acceptors (Lipinski definition) is 13. The predicted octanol–water partition coefficient (Wildman–Crippen LogP) is 8.73. The van der Waals surface area contributed by atoms with Crippen LogP contribution in [0.3, 0.4) is 0 Å². The molecule has 368 valence electrons. The third-order valence-electron chi connectivity index (χ3n) is 10.7. The van der Waals surface area contributed by atoms with E-state index in [2.05, 4.69) is 54.8 Å². The molecule has 63 heavy (non-hydrogen) atoms. The second-order valence-electron chi connectivity index (χ2n) is 16.5. The van der Waals surface area contributed by atoms with Crippen molar-refractivity contribution in [2.75, 3.05) is 13.2 Å². The van der Waals surface area contributed by atoms with Crippen LogP contribution in [0.4, 0.5) is 0 Å². The van der Waals surface area contributed by atoms with Crippen molar-refractivity contribution < 1.29 is 76.9 Å². The van der Waals surface area contributed by atoms with E-state index in [9.17, 15) is 44.0 Å². The van der Waals surface area contributed by atoms with Gasteiger partial charge in [0.15, 0.2) is 6.10 Å². The third-order valence-corrected chi connectivity index (χ3v) is 12.2. The number of aliphatic hydroxyl groups excluding tert-OH is 4. The van der Waals surface area contributed by atoms with Crippen LogP contribution in [0, 0.1) is 0 Å². The van der Waals surface area contributed by atoms with Crippen LogP contribution >= 0.6 is 15.6 Å². The Kier molecular flexibility index (Phi) is 34.2. The van der Waals surface area contributed by atoms with Crippen molar-refractivity contribution in [3.8, 4) is 0 Å². The summed E-state index contributed by atoms with van der Waals surface area (Å²) in [7, 11) is -10.7. The molecule has 0 saturated heterocycles. The minimum absolute atomic E-state index is 0.0388. The molecule has 1 fully saturated rings. The smallest absolute Gasteiger partial charge is 0.462 e. The van der Waals surface area contributed by atoms with Crippen molar-refractivity contribution in [2.24, 2.45) is 0 Å². The van der Waals surface area contributed by atoms with Crippen LogP contribution in [0.1, 0.15) is 181 Å². The highest BCUT2D eigenvalue weighted by atomic mass is 31.2. The van der Waals surface area contributed by atoms with Gasteiger partial charge in [0, 0.05) is 12.8 Å². The second-order valence-corrected chi connectivity index (χ2v) is 19.1. The lowest BCUT2D eigenvalue weighted by Crippen LogP contribution is -2.64. The Morgan fingerprint density at radius 1 is 0.508 bits per heavy atom. The molecule has 0 aromatic carbocycles. The van der Waals surface area contributed by atoms with E-state index in [4.69, 9.17) is 28.3 Å². The van der Waals surface area contributed by atoms with Gasteiger partial charge in [-0.15, -0.1) is 0 Å². The van der Waals surface area contributed by atoms with Gasteiger partial charge in [-0.2, -0.15) is 0 Å². The summed E-state index contributed by atoms with van der Waals surface area (Å²) in [5, 5.41) is 41.2. The number of rotatable bonds is 39. The largest absolute Gasteiger partial charge is 0.472 e. The number of aliphatic hydroxyl groups is 4. The number of allylic oxidation sites excluding steroid dienone is 6. The van der Waals surface area contributed by atoms with Crippen LogP contribution in [0.2, 0.25) is 0 Å². The fourth-order valence-corrected chi connectivity index (χ4v) is 8.57. The molecule has 8 unspecified atom stereocenters. The van der Waals surface area contributed by atoms with Gasteiger partial charge in [0.25, 0.3) is 0 Å². The zero-order valence-corrected chi connectivity index (χ0v) is 39.8. The zero-order chi connectivity index (χ0) is 46.8. The van der Waals surface area contributed by atoms with Gasteiger partial charge >= 0.3 is 27.6 Å². The SMILES string of the molecule is CCCCCC=CCC=CCC=CCCCCC(=O)OCC(COP(=O)(O)OC1C(O)C(O)C(O)C(OP(=O)(O)O)C1O)OC(=O)CCCCCCCCCCCCCCCCC. The van der Waals surface area contributed by atoms with Gasteiger partial charge in [-0.1, -0.05) is 153 Å². The highest BCUT2D eigenvalue weighted by Gasteiger charge is 2.54.